The lowest BCUT2D eigenvalue weighted by molar-refractivity contribution is 0.0640. The third-order valence-corrected chi connectivity index (χ3v) is 3.51. The molecule has 2 atom stereocenters. The molecule has 0 aliphatic rings. The van der Waals surface area contributed by atoms with Crippen LogP contribution in [0.2, 0.25) is 0 Å². The molecule has 0 heterocycles. The molecule has 116 valence electrons. The van der Waals surface area contributed by atoms with Crippen molar-refractivity contribution in [2.75, 3.05) is 6.61 Å². The zero-order valence-corrected chi connectivity index (χ0v) is 12.7. The third-order valence-electron chi connectivity index (χ3n) is 3.51. The molecular formula is C18H20O4. The maximum atomic E-state index is 10.9. The van der Waals surface area contributed by atoms with Crippen LogP contribution >= 0.6 is 0 Å². The van der Waals surface area contributed by atoms with Gasteiger partial charge in [-0.2, -0.15) is 0 Å². The van der Waals surface area contributed by atoms with E-state index in [1.165, 1.54) is 0 Å². The first kappa shape index (κ1) is 16.0. The number of benzene rings is 2. The van der Waals surface area contributed by atoms with E-state index in [0.29, 0.717) is 12.4 Å². The maximum absolute atomic E-state index is 10.9. The first-order valence-corrected chi connectivity index (χ1v) is 7.29. The summed E-state index contributed by atoms with van der Waals surface area (Å²) in [6.07, 6.45) is -1.42. The molecule has 0 radical (unpaired) electrons. The number of hydrogen-bond donors (Lipinski definition) is 1. The van der Waals surface area contributed by atoms with Crippen LogP contribution in [0.3, 0.4) is 0 Å². The van der Waals surface area contributed by atoms with E-state index in [4.69, 9.17) is 14.6 Å². The Hall–Kier alpha value is -2.33. The van der Waals surface area contributed by atoms with Crippen molar-refractivity contribution in [2.45, 2.75) is 25.9 Å². The van der Waals surface area contributed by atoms with Gasteiger partial charge in [-0.25, -0.2) is 4.79 Å². The molecule has 0 amide bonds. The molecule has 0 aliphatic heterocycles. The van der Waals surface area contributed by atoms with Gasteiger partial charge in [-0.15, -0.1) is 0 Å². The highest BCUT2D eigenvalue weighted by atomic mass is 16.7. The van der Waals surface area contributed by atoms with Crippen LogP contribution in [0, 0.1) is 0 Å². The first-order chi connectivity index (χ1) is 10.6. The summed E-state index contributed by atoms with van der Waals surface area (Å²) in [7, 11) is 0. The SMILES string of the molecule is CCOC(C)C(c1ccccc1)c1ccccc1OC(=O)O. The van der Waals surface area contributed by atoms with E-state index in [1.807, 2.05) is 56.3 Å². The fourth-order valence-corrected chi connectivity index (χ4v) is 2.65. The highest BCUT2D eigenvalue weighted by Crippen LogP contribution is 2.35. The fraction of sp³-hybridized carbons (Fsp3) is 0.278. The van der Waals surface area contributed by atoms with Crippen molar-refractivity contribution in [1.29, 1.82) is 0 Å². The first-order valence-electron chi connectivity index (χ1n) is 7.29. The van der Waals surface area contributed by atoms with Gasteiger partial charge in [0.15, 0.2) is 0 Å². The van der Waals surface area contributed by atoms with E-state index in [9.17, 15) is 4.79 Å². The minimum absolute atomic E-state index is 0.100. The average molecular weight is 300 g/mol. The standard InChI is InChI=1S/C18H20O4/c1-3-21-13(2)17(14-9-5-4-6-10-14)15-11-7-8-12-16(15)22-18(19)20/h4-13,17H,3H2,1-2H3,(H,19,20). The molecule has 0 spiro atoms. The third kappa shape index (κ3) is 3.86. The second-order valence-corrected chi connectivity index (χ2v) is 4.95. The van der Waals surface area contributed by atoms with Crippen molar-refractivity contribution in [3.05, 3.63) is 65.7 Å². The molecule has 22 heavy (non-hydrogen) atoms. The predicted molar refractivity (Wildman–Crippen MR) is 84.5 cm³/mol. The number of hydrogen-bond acceptors (Lipinski definition) is 3. The van der Waals surface area contributed by atoms with E-state index < -0.39 is 6.16 Å². The Morgan fingerprint density at radius 2 is 1.73 bits per heavy atom. The van der Waals surface area contributed by atoms with Gasteiger partial charge >= 0.3 is 6.16 Å². The molecule has 4 heteroatoms. The van der Waals surface area contributed by atoms with Crippen molar-refractivity contribution in [3.8, 4) is 5.75 Å². The Bertz CT molecular complexity index is 609. The molecule has 0 fully saturated rings. The van der Waals surface area contributed by atoms with E-state index in [1.54, 1.807) is 12.1 Å². The molecule has 0 saturated carbocycles. The summed E-state index contributed by atoms with van der Waals surface area (Å²) >= 11 is 0. The second kappa shape index (κ2) is 7.61. The minimum Gasteiger partial charge on any atom is -0.449 e. The van der Waals surface area contributed by atoms with Gasteiger partial charge in [0.2, 0.25) is 0 Å². The molecule has 0 aliphatic carbocycles. The van der Waals surface area contributed by atoms with Crippen molar-refractivity contribution < 1.29 is 19.4 Å². The molecule has 2 aromatic rings. The van der Waals surface area contributed by atoms with Crippen LogP contribution in [0.15, 0.2) is 54.6 Å². The van der Waals surface area contributed by atoms with Gasteiger partial charge in [-0.3, -0.25) is 0 Å². The Morgan fingerprint density at radius 3 is 2.36 bits per heavy atom. The maximum Gasteiger partial charge on any atom is 0.511 e. The van der Waals surface area contributed by atoms with Gasteiger partial charge in [-0.1, -0.05) is 48.5 Å². The highest BCUT2D eigenvalue weighted by molar-refractivity contribution is 5.62. The molecular weight excluding hydrogens is 280 g/mol. The van der Waals surface area contributed by atoms with E-state index in [2.05, 4.69) is 0 Å². The summed E-state index contributed by atoms with van der Waals surface area (Å²) in [6.45, 7) is 4.52. The lowest BCUT2D eigenvalue weighted by Gasteiger charge is -2.26. The lowest BCUT2D eigenvalue weighted by atomic mass is 9.86. The Labute approximate surface area is 130 Å². The van der Waals surface area contributed by atoms with Gasteiger partial charge in [0, 0.05) is 18.1 Å². The number of rotatable bonds is 6. The number of carbonyl (C=O) groups is 1. The Kier molecular flexibility index (Phi) is 5.55. The highest BCUT2D eigenvalue weighted by Gasteiger charge is 2.25. The summed E-state index contributed by atoms with van der Waals surface area (Å²) in [6, 6.07) is 17.1. The van der Waals surface area contributed by atoms with E-state index in [-0.39, 0.29) is 12.0 Å². The fourth-order valence-electron chi connectivity index (χ4n) is 2.65. The molecule has 4 nitrogen and oxygen atoms in total. The van der Waals surface area contributed by atoms with Crippen molar-refractivity contribution in [1.82, 2.24) is 0 Å². The zero-order valence-electron chi connectivity index (χ0n) is 12.7. The predicted octanol–water partition coefficient (Wildman–Crippen LogP) is 4.30. The van der Waals surface area contributed by atoms with Crippen LogP contribution in [-0.2, 0) is 4.74 Å². The van der Waals surface area contributed by atoms with Crippen LogP contribution in [0.4, 0.5) is 4.79 Å². The molecule has 0 bridgehead atoms. The second-order valence-electron chi connectivity index (χ2n) is 4.95. The van der Waals surface area contributed by atoms with Crippen LogP contribution in [0.25, 0.3) is 0 Å². The van der Waals surface area contributed by atoms with Gasteiger partial charge in [-0.05, 0) is 25.5 Å². The van der Waals surface area contributed by atoms with Crippen LogP contribution in [0.5, 0.6) is 5.75 Å². The molecule has 2 unspecified atom stereocenters. The number of para-hydroxylation sites is 1. The summed E-state index contributed by atoms with van der Waals surface area (Å²) in [5.74, 6) is 0.243. The van der Waals surface area contributed by atoms with Crippen LogP contribution in [-0.4, -0.2) is 24.0 Å². The molecule has 2 aromatic carbocycles. The normalized spacial score (nSPS) is 13.4. The average Bonchev–Trinajstić information content (AvgIpc) is 2.50. The molecule has 1 N–H and O–H groups in total. The lowest BCUT2D eigenvalue weighted by Crippen LogP contribution is -2.21. The van der Waals surface area contributed by atoms with Gasteiger partial charge in [0.05, 0.1) is 6.10 Å². The quantitative estimate of drug-likeness (QED) is 0.638. The smallest absolute Gasteiger partial charge is 0.449 e. The number of carboxylic acid groups (broad SMARTS) is 1. The zero-order chi connectivity index (χ0) is 15.9. The molecule has 0 saturated heterocycles. The van der Waals surface area contributed by atoms with E-state index >= 15 is 0 Å². The van der Waals surface area contributed by atoms with Crippen molar-refractivity contribution in [3.63, 3.8) is 0 Å². The van der Waals surface area contributed by atoms with Gasteiger partial charge in [0.1, 0.15) is 5.75 Å². The van der Waals surface area contributed by atoms with Crippen LogP contribution in [0.1, 0.15) is 30.9 Å². The van der Waals surface area contributed by atoms with Crippen molar-refractivity contribution >= 4 is 6.16 Å². The minimum atomic E-state index is -1.32. The largest absolute Gasteiger partial charge is 0.511 e. The topological polar surface area (TPSA) is 55.8 Å². The molecule has 0 aromatic heterocycles. The summed E-state index contributed by atoms with van der Waals surface area (Å²) in [5, 5.41) is 8.93. The van der Waals surface area contributed by atoms with Gasteiger partial charge < -0.3 is 14.6 Å². The summed E-state index contributed by atoms with van der Waals surface area (Å²) < 4.78 is 10.7. The van der Waals surface area contributed by atoms with Gasteiger partial charge in [0.25, 0.3) is 0 Å². The summed E-state index contributed by atoms with van der Waals surface area (Å²) in [4.78, 5) is 10.9. The Morgan fingerprint density at radius 1 is 1.09 bits per heavy atom. The van der Waals surface area contributed by atoms with Crippen LogP contribution < -0.4 is 4.74 Å². The Balaban J connectivity index is 2.47. The summed E-state index contributed by atoms with van der Waals surface area (Å²) in [5.41, 5.74) is 1.86. The molecule has 2 rings (SSSR count). The van der Waals surface area contributed by atoms with Crippen molar-refractivity contribution in [2.24, 2.45) is 0 Å². The van der Waals surface area contributed by atoms with E-state index in [0.717, 1.165) is 11.1 Å². The monoisotopic (exact) mass is 300 g/mol. The number of ether oxygens (including phenoxy) is 2.